The van der Waals surface area contributed by atoms with Gasteiger partial charge < -0.3 is 11.1 Å². The molecule has 1 aromatic heterocycles. The number of rotatable bonds is 2. The van der Waals surface area contributed by atoms with Crippen LogP contribution in [0.2, 0.25) is 5.02 Å². The third-order valence-electron chi connectivity index (χ3n) is 2.21. The fourth-order valence-corrected chi connectivity index (χ4v) is 1.58. The molecule has 0 saturated carbocycles. The SMILES string of the molecule is CNc1cc(-c2ccc(F)c(Cl)c2)nc(N)n1. The molecule has 0 fully saturated rings. The van der Waals surface area contributed by atoms with E-state index in [1.807, 2.05) is 0 Å². The first-order valence-electron chi connectivity index (χ1n) is 4.88. The first-order valence-corrected chi connectivity index (χ1v) is 5.25. The van der Waals surface area contributed by atoms with Gasteiger partial charge >= 0.3 is 0 Å². The molecule has 1 aromatic carbocycles. The first kappa shape index (κ1) is 11.6. The van der Waals surface area contributed by atoms with Gasteiger partial charge in [0.25, 0.3) is 0 Å². The predicted molar refractivity (Wildman–Crippen MR) is 66.4 cm³/mol. The molecule has 4 nitrogen and oxygen atoms in total. The van der Waals surface area contributed by atoms with Crippen molar-refractivity contribution in [3.8, 4) is 11.3 Å². The molecule has 0 aliphatic carbocycles. The van der Waals surface area contributed by atoms with Gasteiger partial charge in [0.1, 0.15) is 11.6 Å². The normalized spacial score (nSPS) is 10.3. The lowest BCUT2D eigenvalue weighted by Crippen LogP contribution is -2.01. The Hall–Kier alpha value is -1.88. The number of nitrogens with one attached hydrogen (secondary N) is 1. The Kier molecular flexibility index (Phi) is 3.10. The van der Waals surface area contributed by atoms with E-state index in [-0.39, 0.29) is 11.0 Å². The second kappa shape index (κ2) is 4.55. The maximum Gasteiger partial charge on any atom is 0.222 e. The predicted octanol–water partition coefficient (Wildman–Crippen LogP) is 2.56. The molecule has 2 rings (SSSR count). The second-order valence-corrected chi connectivity index (χ2v) is 3.78. The average Bonchev–Trinajstić information content (AvgIpc) is 2.32. The van der Waals surface area contributed by atoms with E-state index in [1.165, 1.54) is 12.1 Å². The van der Waals surface area contributed by atoms with Gasteiger partial charge in [0.2, 0.25) is 5.95 Å². The van der Waals surface area contributed by atoms with Gasteiger partial charge in [0, 0.05) is 18.7 Å². The lowest BCUT2D eigenvalue weighted by molar-refractivity contribution is 0.628. The second-order valence-electron chi connectivity index (χ2n) is 3.38. The van der Waals surface area contributed by atoms with E-state index < -0.39 is 5.82 Å². The van der Waals surface area contributed by atoms with E-state index in [2.05, 4.69) is 15.3 Å². The Morgan fingerprint density at radius 2 is 2.06 bits per heavy atom. The zero-order chi connectivity index (χ0) is 12.4. The van der Waals surface area contributed by atoms with Crippen LogP contribution in [-0.2, 0) is 0 Å². The minimum atomic E-state index is -0.466. The summed E-state index contributed by atoms with van der Waals surface area (Å²) in [5.74, 6) is 0.270. The molecular formula is C11H10ClFN4. The van der Waals surface area contributed by atoms with Crippen molar-refractivity contribution in [3.63, 3.8) is 0 Å². The third kappa shape index (κ3) is 2.45. The Morgan fingerprint density at radius 3 is 2.71 bits per heavy atom. The molecule has 0 amide bonds. The van der Waals surface area contributed by atoms with Gasteiger partial charge in [-0.2, -0.15) is 4.98 Å². The van der Waals surface area contributed by atoms with Crippen LogP contribution >= 0.6 is 11.6 Å². The van der Waals surface area contributed by atoms with Gasteiger partial charge in [0.05, 0.1) is 10.7 Å². The molecular weight excluding hydrogens is 243 g/mol. The van der Waals surface area contributed by atoms with Crippen molar-refractivity contribution in [1.29, 1.82) is 0 Å². The molecule has 2 aromatic rings. The highest BCUT2D eigenvalue weighted by atomic mass is 35.5. The summed E-state index contributed by atoms with van der Waals surface area (Å²) in [6, 6.07) is 6.08. The van der Waals surface area contributed by atoms with Crippen LogP contribution in [0.4, 0.5) is 16.2 Å². The summed E-state index contributed by atoms with van der Waals surface area (Å²) in [6.45, 7) is 0. The van der Waals surface area contributed by atoms with Gasteiger partial charge in [-0.1, -0.05) is 11.6 Å². The Labute approximate surface area is 103 Å². The van der Waals surface area contributed by atoms with Crippen molar-refractivity contribution < 1.29 is 4.39 Å². The molecule has 1 heterocycles. The van der Waals surface area contributed by atoms with Crippen LogP contribution in [0.1, 0.15) is 0 Å². The largest absolute Gasteiger partial charge is 0.373 e. The van der Waals surface area contributed by atoms with Crippen molar-refractivity contribution >= 4 is 23.4 Å². The number of anilines is 2. The summed E-state index contributed by atoms with van der Waals surface area (Å²) in [6.07, 6.45) is 0. The van der Waals surface area contributed by atoms with E-state index in [9.17, 15) is 4.39 Å². The van der Waals surface area contributed by atoms with Gasteiger partial charge in [-0.25, -0.2) is 9.37 Å². The Balaban J connectivity index is 2.52. The standard InChI is InChI=1S/C11H10ClFN4/c1-15-10-5-9(16-11(14)17-10)6-2-3-8(13)7(12)4-6/h2-5H,1H3,(H3,14,15,16,17). The van der Waals surface area contributed by atoms with E-state index in [0.717, 1.165) is 0 Å². The number of benzene rings is 1. The molecule has 0 bridgehead atoms. The summed E-state index contributed by atoms with van der Waals surface area (Å²) in [5, 5.41) is 2.91. The van der Waals surface area contributed by atoms with Gasteiger partial charge in [0.15, 0.2) is 0 Å². The van der Waals surface area contributed by atoms with Crippen molar-refractivity contribution in [2.75, 3.05) is 18.1 Å². The Bertz CT molecular complexity index is 559. The van der Waals surface area contributed by atoms with E-state index in [4.69, 9.17) is 17.3 Å². The lowest BCUT2D eigenvalue weighted by atomic mass is 10.1. The van der Waals surface area contributed by atoms with Crippen molar-refractivity contribution in [2.24, 2.45) is 0 Å². The molecule has 0 atom stereocenters. The van der Waals surface area contributed by atoms with Crippen LogP contribution in [0, 0.1) is 5.82 Å². The number of hydrogen-bond acceptors (Lipinski definition) is 4. The minimum Gasteiger partial charge on any atom is -0.373 e. The zero-order valence-electron chi connectivity index (χ0n) is 9.04. The zero-order valence-corrected chi connectivity index (χ0v) is 9.79. The summed E-state index contributed by atoms with van der Waals surface area (Å²) in [5.41, 5.74) is 6.84. The molecule has 6 heteroatoms. The van der Waals surface area contributed by atoms with Gasteiger partial charge in [-0.05, 0) is 18.2 Å². The van der Waals surface area contributed by atoms with E-state index >= 15 is 0 Å². The van der Waals surface area contributed by atoms with Crippen LogP contribution in [0.3, 0.4) is 0 Å². The topological polar surface area (TPSA) is 63.8 Å². The molecule has 0 unspecified atom stereocenters. The van der Waals surface area contributed by atoms with Crippen LogP contribution in [0.15, 0.2) is 24.3 Å². The molecule has 0 aliphatic rings. The highest BCUT2D eigenvalue weighted by Gasteiger charge is 2.07. The Morgan fingerprint density at radius 1 is 1.29 bits per heavy atom. The van der Waals surface area contributed by atoms with Gasteiger partial charge in [-0.15, -0.1) is 0 Å². The summed E-state index contributed by atoms with van der Waals surface area (Å²) >= 11 is 5.71. The van der Waals surface area contributed by atoms with E-state index in [1.54, 1.807) is 19.2 Å². The number of hydrogen-bond donors (Lipinski definition) is 2. The van der Waals surface area contributed by atoms with Gasteiger partial charge in [-0.3, -0.25) is 0 Å². The molecule has 0 radical (unpaired) electrons. The average molecular weight is 253 g/mol. The van der Waals surface area contributed by atoms with Crippen molar-refractivity contribution in [2.45, 2.75) is 0 Å². The highest BCUT2D eigenvalue weighted by Crippen LogP contribution is 2.25. The number of nitrogen functional groups attached to an aromatic ring is 1. The van der Waals surface area contributed by atoms with Crippen molar-refractivity contribution in [3.05, 3.63) is 35.1 Å². The molecule has 0 aliphatic heterocycles. The maximum atomic E-state index is 13.0. The highest BCUT2D eigenvalue weighted by molar-refractivity contribution is 6.31. The number of halogens is 2. The number of nitrogens with zero attached hydrogens (tertiary/aromatic N) is 2. The smallest absolute Gasteiger partial charge is 0.222 e. The molecule has 17 heavy (non-hydrogen) atoms. The van der Waals surface area contributed by atoms with Crippen LogP contribution in [-0.4, -0.2) is 17.0 Å². The third-order valence-corrected chi connectivity index (χ3v) is 2.50. The summed E-state index contributed by atoms with van der Waals surface area (Å²) in [7, 11) is 1.73. The lowest BCUT2D eigenvalue weighted by Gasteiger charge is -2.06. The van der Waals surface area contributed by atoms with Crippen LogP contribution in [0.25, 0.3) is 11.3 Å². The monoisotopic (exact) mass is 252 g/mol. The van der Waals surface area contributed by atoms with Crippen molar-refractivity contribution in [1.82, 2.24) is 9.97 Å². The van der Waals surface area contributed by atoms with Crippen LogP contribution < -0.4 is 11.1 Å². The molecule has 0 spiro atoms. The molecule has 88 valence electrons. The van der Waals surface area contributed by atoms with E-state index in [0.29, 0.717) is 17.1 Å². The fourth-order valence-electron chi connectivity index (χ4n) is 1.40. The maximum absolute atomic E-state index is 13.0. The fraction of sp³-hybridized carbons (Fsp3) is 0.0909. The first-order chi connectivity index (χ1) is 8.10. The number of aromatic nitrogens is 2. The summed E-state index contributed by atoms with van der Waals surface area (Å²) < 4.78 is 13.0. The number of nitrogens with two attached hydrogens (primary N) is 1. The molecule has 0 saturated heterocycles. The molecule has 3 N–H and O–H groups in total. The quantitative estimate of drug-likeness (QED) is 0.862. The summed E-state index contributed by atoms with van der Waals surface area (Å²) in [4.78, 5) is 8.03. The minimum absolute atomic E-state index is 0.0469. The van der Waals surface area contributed by atoms with Crippen LogP contribution in [0.5, 0.6) is 0 Å².